The van der Waals surface area contributed by atoms with Gasteiger partial charge in [-0.1, -0.05) is 36.4 Å². The quantitative estimate of drug-likeness (QED) is 0.787. The molecule has 0 spiro atoms. The number of nitrogens with one attached hydrogen (secondary N) is 1. The second-order valence-electron chi connectivity index (χ2n) is 3.19. The van der Waals surface area contributed by atoms with E-state index in [0.29, 0.717) is 5.88 Å². The molecule has 1 heterocycles. The van der Waals surface area contributed by atoms with Crippen LogP contribution in [0.3, 0.4) is 0 Å². The standard InChI is InChI=1S/C12H11ClN2/c13-9-12-8-11(14-15-12)7-6-10-4-2-1-3-5-10/h1-8H,9H2,(H,14,15)/b7-6+. The summed E-state index contributed by atoms with van der Waals surface area (Å²) >= 11 is 5.65. The molecule has 0 radical (unpaired) electrons. The normalized spacial score (nSPS) is 11.0. The molecule has 0 saturated heterocycles. The highest BCUT2D eigenvalue weighted by molar-refractivity contribution is 6.16. The van der Waals surface area contributed by atoms with Crippen LogP contribution in [0.1, 0.15) is 17.0 Å². The highest BCUT2D eigenvalue weighted by Gasteiger charge is 1.95. The molecular formula is C12H11ClN2. The van der Waals surface area contributed by atoms with Crippen LogP contribution in [-0.2, 0) is 5.88 Å². The van der Waals surface area contributed by atoms with Crippen LogP contribution in [0.25, 0.3) is 12.2 Å². The van der Waals surface area contributed by atoms with Crippen LogP contribution >= 0.6 is 11.6 Å². The van der Waals surface area contributed by atoms with Crippen molar-refractivity contribution in [3.63, 3.8) is 0 Å². The first-order chi connectivity index (χ1) is 7.38. The summed E-state index contributed by atoms with van der Waals surface area (Å²) in [5.41, 5.74) is 3.00. The van der Waals surface area contributed by atoms with E-state index in [-0.39, 0.29) is 0 Å². The predicted octanol–water partition coefficient (Wildman–Crippen LogP) is 3.32. The lowest BCUT2D eigenvalue weighted by Gasteiger charge is -1.89. The Balaban J connectivity index is 2.11. The number of benzene rings is 1. The maximum absolute atomic E-state index is 5.65. The van der Waals surface area contributed by atoms with E-state index < -0.39 is 0 Å². The van der Waals surface area contributed by atoms with Crippen molar-refractivity contribution in [2.45, 2.75) is 5.88 Å². The zero-order valence-corrected chi connectivity index (χ0v) is 8.91. The first-order valence-corrected chi connectivity index (χ1v) is 5.25. The maximum atomic E-state index is 5.65. The van der Waals surface area contributed by atoms with Crippen molar-refractivity contribution in [3.8, 4) is 0 Å². The number of alkyl halides is 1. The summed E-state index contributed by atoms with van der Waals surface area (Å²) in [4.78, 5) is 0. The van der Waals surface area contributed by atoms with E-state index in [1.807, 2.05) is 36.4 Å². The van der Waals surface area contributed by atoms with Gasteiger partial charge in [0.2, 0.25) is 0 Å². The maximum Gasteiger partial charge on any atom is 0.0776 e. The molecule has 1 aromatic carbocycles. The first-order valence-electron chi connectivity index (χ1n) is 4.72. The minimum Gasteiger partial charge on any atom is -0.278 e. The average molecular weight is 219 g/mol. The second-order valence-corrected chi connectivity index (χ2v) is 3.46. The molecule has 3 heteroatoms. The van der Waals surface area contributed by atoms with Gasteiger partial charge in [0.1, 0.15) is 0 Å². The van der Waals surface area contributed by atoms with Gasteiger partial charge >= 0.3 is 0 Å². The third-order valence-electron chi connectivity index (χ3n) is 2.04. The van der Waals surface area contributed by atoms with E-state index in [1.165, 1.54) is 5.56 Å². The molecule has 15 heavy (non-hydrogen) atoms. The summed E-state index contributed by atoms with van der Waals surface area (Å²) in [6.07, 6.45) is 4.02. The number of aromatic amines is 1. The fraction of sp³-hybridized carbons (Fsp3) is 0.0833. The molecule has 0 fully saturated rings. The van der Waals surface area contributed by atoms with Crippen molar-refractivity contribution >= 4 is 23.8 Å². The van der Waals surface area contributed by atoms with Gasteiger partial charge in [-0.05, 0) is 17.7 Å². The SMILES string of the molecule is ClCc1cc(/C=C/c2ccccc2)[nH]n1. The van der Waals surface area contributed by atoms with Crippen LogP contribution in [0.4, 0.5) is 0 Å². The van der Waals surface area contributed by atoms with E-state index in [0.717, 1.165) is 11.4 Å². The van der Waals surface area contributed by atoms with Crippen LogP contribution in [-0.4, -0.2) is 10.2 Å². The number of hydrogen-bond acceptors (Lipinski definition) is 1. The minimum atomic E-state index is 0.440. The summed E-state index contributed by atoms with van der Waals surface area (Å²) < 4.78 is 0. The van der Waals surface area contributed by atoms with E-state index in [2.05, 4.69) is 22.3 Å². The van der Waals surface area contributed by atoms with Gasteiger partial charge in [0.25, 0.3) is 0 Å². The number of nitrogens with zero attached hydrogens (tertiary/aromatic N) is 1. The third kappa shape index (κ3) is 2.70. The Morgan fingerprint density at radius 1 is 1.20 bits per heavy atom. The summed E-state index contributed by atoms with van der Waals surface area (Å²) in [5, 5.41) is 6.94. The fourth-order valence-corrected chi connectivity index (χ4v) is 1.42. The molecule has 76 valence electrons. The number of rotatable bonds is 3. The van der Waals surface area contributed by atoms with Crippen molar-refractivity contribution in [2.75, 3.05) is 0 Å². The number of halogens is 1. The highest BCUT2D eigenvalue weighted by atomic mass is 35.5. The lowest BCUT2D eigenvalue weighted by atomic mass is 10.2. The zero-order valence-electron chi connectivity index (χ0n) is 8.15. The van der Waals surface area contributed by atoms with Crippen LogP contribution < -0.4 is 0 Å². The van der Waals surface area contributed by atoms with Crippen molar-refractivity contribution < 1.29 is 0 Å². The summed E-state index contributed by atoms with van der Waals surface area (Å²) in [7, 11) is 0. The van der Waals surface area contributed by atoms with Crippen LogP contribution in [0.5, 0.6) is 0 Å². The molecule has 0 amide bonds. The van der Waals surface area contributed by atoms with E-state index in [1.54, 1.807) is 0 Å². The topological polar surface area (TPSA) is 28.7 Å². The van der Waals surface area contributed by atoms with Gasteiger partial charge in [-0.25, -0.2) is 0 Å². The Labute approximate surface area is 93.6 Å². The van der Waals surface area contributed by atoms with Gasteiger partial charge in [-0.15, -0.1) is 11.6 Å². The summed E-state index contributed by atoms with van der Waals surface area (Å²) in [5.74, 6) is 0.440. The summed E-state index contributed by atoms with van der Waals surface area (Å²) in [6.45, 7) is 0. The molecule has 0 unspecified atom stereocenters. The largest absolute Gasteiger partial charge is 0.278 e. The zero-order chi connectivity index (χ0) is 10.5. The van der Waals surface area contributed by atoms with Crippen molar-refractivity contribution in [2.24, 2.45) is 0 Å². The lowest BCUT2D eigenvalue weighted by molar-refractivity contribution is 1.03. The van der Waals surface area contributed by atoms with Gasteiger partial charge in [0, 0.05) is 0 Å². The monoisotopic (exact) mass is 218 g/mol. The van der Waals surface area contributed by atoms with Crippen molar-refractivity contribution in [3.05, 3.63) is 53.3 Å². The Morgan fingerprint density at radius 2 is 2.00 bits per heavy atom. The van der Waals surface area contributed by atoms with Crippen molar-refractivity contribution in [1.29, 1.82) is 0 Å². The molecule has 2 rings (SSSR count). The molecule has 0 aliphatic carbocycles. The predicted molar refractivity (Wildman–Crippen MR) is 63.5 cm³/mol. The molecule has 0 bridgehead atoms. The number of aromatic nitrogens is 2. The van der Waals surface area contributed by atoms with E-state index >= 15 is 0 Å². The molecule has 0 saturated carbocycles. The van der Waals surface area contributed by atoms with Crippen molar-refractivity contribution in [1.82, 2.24) is 10.2 Å². The van der Waals surface area contributed by atoms with E-state index in [9.17, 15) is 0 Å². The highest BCUT2D eigenvalue weighted by Crippen LogP contribution is 2.08. The van der Waals surface area contributed by atoms with E-state index in [4.69, 9.17) is 11.6 Å². The van der Waals surface area contributed by atoms with Crippen LogP contribution in [0.15, 0.2) is 36.4 Å². The smallest absolute Gasteiger partial charge is 0.0776 e. The Kier molecular flexibility index (Phi) is 3.20. The Hall–Kier alpha value is -1.54. The first kappa shape index (κ1) is 9.99. The number of hydrogen-bond donors (Lipinski definition) is 1. The van der Waals surface area contributed by atoms with Gasteiger partial charge in [0.05, 0.1) is 17.3 Å². The molecule has 2 aromatic rings. The number of H-pyrrole nitrogens is 1. The molecular weight excluding hydrogens is 208 g/mol. The van der Waals surface area contributed by atoms with Crippen LogP contribution in [0, 0.1) is 0 Å². The van der Waals surface area contributed by atoms with Gasteiger partial charge in [0.15, 0.2) is 0 Å². The van der Waals surface area contributed by atoms with Gasteiger partial charge in [-0.3, -0.25) is 5.10 Å². The molecule has 0 aliphatic heterocycles. The van der Waals surface area contributed by atoms with Crippen LogP contribution in [0.2, 0.25) is 0 Å². The lowest BCUT2D eigenvalue weighted by Crippen LogP contribution is -1.74. The Bertz CT molecular complexity index is 446. The molecule has 1 aromatic heterocycles. The van der Waals surface area contributed by atoms with Gasteiger partial charge < -0.3 is 0 Å². The van der Waals surface area contributed by atoms with Gasteiger partial charge in [-0.2, -0.15) is 5.10 Å². The third-order valence-corrected chi connectivity index (χ3v) is 2.32. The summed E-state index contributed by atoms with van der Waals surface area (Å²) in [6, 6.07) is 12.1. The molecule has 1 N–H and O–H groups in total. The minimum absolute atomic E-state index is 0.440. The Morgan fingerprint density at radius 3 is 2.67 bits per heavy atom. The second kappa shape index (κ2) is 4.80. The molecule has 0 aliphatic rings. The molecule has 0 atom stereocenters. The average Bonchev–Trinajstić information content (AvgIpc) is 2.76. The fourth-order valence-electron chi connectivity index (χ4n) is 1.28. The molecule has 2 nitrogen and oxygen atoms in total.